The van der Waals surface area contributed by atoms with Crippen LogP contribution in [0.2, 0.25) is 0 Å². The number of thiophene rings is 1. The maximum Gasteiger partial charge on any atom is 0.282 e. The molecule has 0 fully saturated rings. The van der Waals surface area contributed by atoms with Crippen molar-refractivity contribution in [2.45, 2.75) is 0 Å². The van der Waals surface area contributed by atoms with E-state index in [1.807, 2.05) is 23.6 Å². The van der Waals surface area contributed by atoms with E-state index in [0.717, 1.165) is 9.35 Å². The van der Waals surface area contributed by atoms with Crippen LogP contribution in [0, 0.1) is 5.82 Å². The highest BCUT2D eigenvalue weighted by atomic mass is 79.9. The monoisotopic (exact) mass is 427 g/mol. The Balaban J connectivity index is 1.95. The molecule has 0 unspecified atom stereocenters. The molecule has 0 saturated carbocycles. The van der Waals surface area contributed by atoms with Crippen molar-refractivity contribution in [1.29, 1.82) is 0 Å². The topological polar surface area (TPSA) is 47.2 Å². The molecular weight excluding hydrogens is 417 g/mol. The second-order valence-corrected chi connectivity index (χ2v) is 7.35. The van der Waals surface area contributed by atoms with Gasteiger partial charge in [-0.15, -0.1) is 11.3 Å². The number of aromatic nitrogens is 2. The second-order valence-electron chi connectivity index (χ2n) is 5.49. The molecule has 0 N–H and O–H groups in total. The molecule has 0 radical (unpaired) electrons. The third-order valence-corrected chi connectivity index (χ3v) is 5.08. The molecule has 0 saturated heterocycles. The second kappa shape index (κ2) is 6.93. The number of hydrogen-bond donors (Lipinski definition) is 0. The van der Waals surface area contributed by atoms with E-state index in [2.05, 4.69) is 26.0 Å². The number of fused-ring (bicyclic) bond motifs is 1. The third-order valence-electron chi connectivity index (χ3n) is 3.72. The third kappa shape index (κ3) is 3.23. The zero-order valence-electron chi connectivity index (χ0n) is 13.3. The smallest absolute Gasteiger partial charge is 0.267 e. The van der Waals surface area contributed by atoms with Gasteiger partial charge in [-0.1, -0.05) is 34.1 Å². The van der Waals surface area contributed by atoms with Gasteiger partial charge in [0.05, 0.1) is 22.0 Å². The summed E-state index contributed by atoms with van der Waals surface area (Å²) in [6.45, 7) is 0. The van der Waals surface area contributed by atoms with Crippen molar-refractivity contribution in [3.8, 4) is 10.7 Å². The normalized spacial score (nSPS) is 11.5. The number of halogens is 2. The van der Waals surface area contributed by atoms with E-state index in [4.69, 9.17) is 0 Å². The highest BCUT2D eigenvalue weighted by Gasteiger charge is 2.13. The number of rotatable bonds is 3. The molecule has 0 aliphatic rings. The Morgan fingerprint density at radius 1 is 1.15 bits per heavy atom. The molecule has 0 aliphatic heterocycles. The molecule has 4 aromatic rings. The van der Waals surface area contributed by atoms with Crippen LogP contribution < -0.4 is 5.56 Å². The molecule has 7 heteroatoms. The molecule has 0 aliphatic carbocycles. The van der Waals surface area contributed by atoms with Crippen molar-refractivity contribution in [2.75, 3.05) is 0 Å². The summed E-state index contributed by atoms with van der Waals surface area (Å²) in [6, 6.07) is 15.1. The largest absolute Gasteiger partial charge is 0.282 e. The van der Waals surface area contributed by atoms with Crippen molar-refractivity contribution >= 4 is 44.4 Å². The fourth-order valence-electron chi connectivity index (χ4n) is 2.53. The lowest BCUT2D eigenvalue weighted by molar-refractivity contribution is 0.627. The summed E-state index contributed by atoms with van der Waals surface area (Å²) in [5.74, 6) is 0.0906. The predicted molar refractivity (Wildman–Crippen MR) is 106 cm³/mol. The predicted octanol–water partition coefficient (Wildman–Crippen LogP) is 4.91. The highest BCUT2D eigenvalue weighted by Crippen LogP contribution is 2.24. The molecule has 0 amide bonds. The zero-order valence-corrected chi connectivity index (χ0v) is 15.7. The van der Waals surface area contributed by atoms with E-state index in [9.17, 15) is 9.18 Å². The Bertz CT molecular complexity index is 1190. The molecule has 2 heterocycles. The molecule has 128 valence electrons. The van der Waals surface area contributed by atoms with Gasteiger partial charge in [0.25, 0.3) is 5.56 Å². The first-order valence-corrected chi connectivity index (χ1v) is 9.35. The van der Waals surface area contributed by atoms with Crippen LogP contribution in [0.25, 0.3) is 21.6 Å². The van der Waals surface area contributed by atoms with Crippen LogP contribution in [0.15, 0.2) is 74.3 Å². The van der Waals surface area contributed by atoms with Crippen molar-refractivity contribution in [3.05, 3.63) is 86.2 Å². The highest BCUT2D eigenvalue weighted by molar-refractivity contribution is 9.10. The Morgan fingerprint density at radius 3 is 2.81 bits per heavy atom. The summed E-state index contributed by atoms with van der Waals surface area (Å²) in [5.41, 5.74) is 0.870. The van der Waals surface area contributed by atoms with Crippen molar-refractivity contribution in [3.63, 3.8) is 0 Å². The van der Waals surface area contributed by atoms with Gasteiger partial charge in [-0.05, 0) is 47.3 Å². The van der Waals surface area contributed by atoms with Gasteiger partial charge in [0.15, 0.2) is 5.82 Å². The fourth-order valence-corrected chi connectivity index (χ4v) is 3.59. The van der Waals surface area contributed by atoms with Gasteiger partial charge in [-0.3, -0.25) is 4.79 Å². The van der Waals surface area contributed by atoms with Crippen LogP contribution in [0.1, 0.15) is 5.56 Å². The standard InChI is InChI=1S/C19H11BrFN3OS/c20-13-6-7-16-15(10-13)19(25)24(18(23-16)17-5-2-8-26-17)22-11-12-3-1-4-14(21)9-12/h1-11H. The molecule has 4 rings (SSSR count). The average Bonchev–Trinajstić information content (AvgIpc) is 3.16. The lowest BCUT2D eigenvalue weighted by atomic mass is 10.2. The number of hydrogen-bond acceptors (Lipinski definition) is 4. The minimum atomic E-state index is -0.361. The van der Waals surface area contributed by atoms with Crippen LogP contribution in [-0.2, 0) is 0 Å². The van der Waals surface area contributed by atoms with Crippen LogP contribution >= 0.6 is 27.3 Å². The summed E-state index contributed by atoms with van der Waals surface area (Å²) >= 11 is 4.85. The van der Waals surface area contributed by atoms with E-state index >= 15 is 0 Å². The maximum absolute atomic E-state index is 13.4. The zero-order chi connectivity index (χ0) is 18.1. The van der Waals surface area contributed by atoms with Gasteiger partial charge < -0.3 is 0 Å². The summed E-state index contributed by atoms with van der Waals surface area (Å²) in [7, 11) is 0. The maximum atomic E-state index is 13.4. The van der Waals surface area contributed by atoms with E-state index in [0.29, 0.717) is 22.3 Å². The fraction of sp³-hybridized carbons (Fsp3) is 0. The number of benzene rings is 2. The summed E-state index contributed by atoms with van der Waals surface area (Å²) in [5, 5.41) is 6.66. The molecule has 2 aromatic carbocycles. The van der Waals surface area contributed by atoms with Crippen LogP contribution in [-0.4, -0.2) is 15.9 Å². The van der Waals surface area contributed by atoms with E-state index < -0.39 is 0 Å². The molecule has 26 heavy (non-hydrogen) atoms. The van der Waals surface area contributed by atoms with Crippen molar-refractivity contribution in [1.82, 2.24) is 9.66 Å². The Kier molecular flexibility index (Phi) is 4.48. The van der Waals surface area contributed by atoms with Crippen molar-refractivity contribution in [2.24, 2.45) is 5.10 Å². The first-order chi connectivity index (χ1) is 12.6. The quantitative estimate of drug-likeness (QED) is 0.436. The van der Waals surface area contributed by atoms with Gasteiger partial charge in [-0.2, -0.15) is 9.78 Å². The van der Waals surface area contributed by atoms with Crippen LogP contribution in [0.5, 0.6) is 0 Å². The number of nitrogens with zero attached hydrogens (tertiary/aromatic N) is 3. The Hall–Kier alpha value is -2.64. The molecule has 0 atom stereocenters. The van der Waals surface area contributed by atoms with Gasteiger partial charge in [0, 0.05) is 4.47 Å². The van der Waals surface area contributed by atoms with Crippen molar-refractivity contribution < 1.29 is 4.39 Å². The first-order valence-electron chi connectivity index (χ1n) is 7.68. The van der Waals surface area contributed by atoms with Gasteiger partial charge in [0.2, 0.25) is 0 Å². The summed E-state index contributed by atoms with van der Waals surface area (Å²) < 4.78 is 15.4. The molecule has 0 spiro atoms. The Labute approximate surface area is 160 Å². The van der Waals surface area contributed by atoms with Gasteiger partial charge >= 0.3 is 0 Å². The van der Waals surface area contributed by atoms with Gasteiger partial charge in [-0.25, -0.2) is 9.37 Å². The summed E-state index contributed by atoms with van der Waals surface area (Å²) in [6.07, 6.45) is 1.45. The molecular formula is C19H11BrFN3OS. The molecule has 0 bridgehead atoms. The Morgan fingerprint density at radius 2 is 2.04 bits per heavy atom. The van der Waals surface area contributed by atoms with Crippen LogP contribution in [0.4, 0.5) is 4.39 Å². The minimum absolute atomic E-state index is 0.285. The molecule has 2 aromatic heterocycles. The molecule has 4 nitrogen and oxygen atoms in total. The SMILES string of the molecule is O=c1c2cc(Br)ccc2nc(-c2cccs2)n1N=Cc1cccc(F)c1. The minimum Gasteiger partial charge on any atom is -0.267 e. The van der Waals surface area contributed by atoms with E-state index in [1.54, 1.807) is 24.3 Å². The average molecular weight is 428 g/mol. The summed E-state index contributed by atoms with van der Waals surface area (Å²) in [4.78, 5) is 18.4. The van der Waals surface area contributed by atoms with Crippen LogP contribution in [0.3, 0.4) is 0 Å². The van der Waals surface area contributed by atoms with Gasteiger partial charge in [0.1, 0.15) is 5.82 Å². The van der Waals surface area contributed by atoms with E-state index in [1.165, 1.54) is 34.4 Å². The lowest BCUT2D eigenvalue weighted by Crippen LogP contribution is -2.20. The lowest BCUT2D eigenvalue weighted by Gasteiger charge is -2.08. The first kappa shape index (κ1) is 16.8. The van der Waals surface area contributed by atoms with E-state index in [-0.39, 0.29) is 11.4 Å².